The van der Waals surface area contributed by atoms with Gasteiger partial charge in [-0.25, -0.2) is 4.98 Å². The lowest BCUT2D eigenvalue weighted by atomic mass is 10.0. The lowest BCUT2D eigenvalue weighted by Crippen LogP contribution is -1.96. The van der Waals surface area contributed by atoms with E-state index in [9.17, 15) is 0 Å². The van der Waals surface area contributed by atoms with Crippen molar-refractivity contribution in [3.63, 3.8) is 0 Å². The SMILES string of the molecule is CCCCOc1ccc(-c2ccc3cc(CCCC)ccc3n2)cc1. The first-order valence-corrected chi connectivity index (χ1v) is 9.43. The second kappa shape index (κ2) is 8.66. The van der Waals surface area contributed by atoms with E-state index in [0.717, 1.165) is 48.4 Å². The summed E-state index contributed by atoms with van der Waals surface area (Å²) in [6, 6.07) is 19.2. The average molecular weight is 333 g/mol. The number of rotatable bonds is 8. The van der Waals surface area contributed by atoms with E-state index in [1.54, 1.807) is 0 Å². The summed E-state index contributed by atoms with van der Waals surface area (Å²) in [6.07, 6.45) is 5.86. The van der Waals surface area contributed by atoms with Crippen LogP contribution < -0.4 is 4.74 Å². The Labute approximate surface area is 150 Å². The number of benzene rings is 2. The molecular weight excluding hydrogens is 306 g/mol. The lowest BCUT2D eigenvalue weighted by Gasteiger charge is -2.08. The third-order valence-corrected chi connectivity index (χ3v) is 4.49. The number of fused-ring (bicyclic) bond motifs is 1. The van der Waals surface area contributed by atoms with E-state index in [0.29, 0.717) is 0 Å². The van der Waals surface area contributed by atoms with Crippen LogP contribution in [0, 0.1) is 0 Å². The highest BCUT2D eigenvalue weighted by Crippen LogP contribution is 2.24. The molecule has 0 radical (unpaired) electrons. The summed E-state index contributed by atoms with van der Waals surface area (Å²) in [7, 11) is 0. The summed E-state index contributed by atoms with van der Waals surface area (Å²) >= 11 is 0. The van der Waals surface area contributed by atoms with Crippen LogP contribution in [0.5, 0.6) is 5.75 Å². The Morgan fingerprint density at radius 2 is 1.64 bits per heavy atom. The van der Waals surface area contributed by atoms with Gasteiger partial charge in [-0.15, -0.1) is 0 Å². The van der Waals surface area contributed by atoms with Crippen LogP contribution in [0.3, 0.4) is 0 Å². The fourth-order valence-electron chi connectivity index (χ4n) is 2.93. The average Bonchev–Trinajstić information content (AvgIpc) is 2.66. The zero-order valence-electron chi connectivity index (χ0n) is 15.3. The molecule has 0 saturated carbocycles. The number of ether oxygens (including phenoxy) is 1. The number of unbranched alkanes of at least 4 members (excludes halogenated alkanes) is 2. The third-order valence-electron chi connectivity index (χ3n) is 4.49. The molecule has 2 aromatic carbocycles. The number of hydrogen-bond acceptors (Lipinski definition) is 2. The Balaban J connectivity index is 1.76. The van der Waals surface area contributed by atoms with E-state index in [-0.39, 0.29) is 0 Å². The molecule has 3 rings (SSSR count). The molecule has 3 aromatic rings. The van der Waals surface area contributed by atoms with Crippen molar-refractivity contribution in [3.05, 3.63) is 60.2 Å². The number of nitrogens with zero attached hydrogens (tertiary/aromatic N) is 1. The number of hydrogen-bond donors (Lipinski definition) is 0. The molecule has 0 N–H and O–H groups in total. The van der Waals surface area contributed by atoms with Gasteiger partial charge in [0, 0.05) is 10.9 Å². The van der Waals surface area contributed by atoms with Gasteiger partial charge in [-0.1, -0.05) is 38.8 Å². The Hall–Kier alpha value is -2.35. The van der Waals surface area contributed by atoms with Gasteiger partial charge in [0.15, 0.2) is 0 Å². The van der Waals surface area contributed by atoms with E-state index >= 15 is 0 Å². The predicted molar refractivity (Wildman–Crippen MR) is 106 cm³/mol. The van der Waals surface area contributed by atoms with E-state index in [1.807, 2.05) is 12.1 Å². The first-order valence-electron chi connectivity index (χ1n) is 9.43. The molecule has 2 heteroatoms. The summed E-state index contributed by atoms with van der Waals surface area (Å²) in [6.45, 7) is 5.18. The predicted octanol–water partition coefficient (Wildman–Crippen LogP) is 6.42. The van der Waals surface area contributed by atoms with Crippen molar-refractivity contribution in [1.29, 1.82) is 0 Å². The second-order valence-electron chi connectivity index (χ2n) is 6.55. The van der Waals surface area contributed by atoms with Crippen molar-refractivity contribution in [2.45, 2.75) is 46.0 Å². The first kappa shape index (κ1) is 17.5. The third kappa shape index (κ3) is 4.60. The topological polar surface area (TPSA) is 22.1 Å². The van der Waals surface area contributed by atoms with Gasteiger partial charge in [-0.3, -0.25) is 0 Å². The van der Waals surface area contributed by atoms with Crippen LogP contribution in [0.2, 0.25) is 0 Å². The zero-order valence-corrected chi connectivity index (χ0v) is 15.3. The molecular formula is C23H27NO. The van der Waals surface area contributed by atoms with Crippen molar-refractivity contribution in [2.75, 3.05) is 6.61 Å². The smallest absolute Gasteiger partial charge is 0.119 e. The Kier molecular flexibility index (Phi) is 6.05. The minimum absolute atomic E-state index is 0.782. The molecule has 0 unspecified atom stereocenters. The monoisotopic (exact) mass is 333 g/mol. The molecule has 1 aromatic heterocycles. The van der Waals surface area contributed by atoms with Crippen LogP contribution in [-0.2, 0) is 6.42 Å². The standard InChI is InChI=1S/C23H27NO/c1-3-5-7-18-8-14-23-20(17-18)11-15-22(24-23)19-9-12-21(13-10-19)25-16-6-4-2/h8-15,17H,3-7,16H2,1-2H3. The largest absolute Gasteiger partial charge is 0.494 e. The molecule has 25 heavy (non-hydrogen) atoms. The van der Waals surface area contributed by atoms with Gasteiger partial charge in [0.05, 0.1) is 17.8 Å². The lowest BCUT2D eigenvalue weighted by molar-refractivity contribution is 0.309. The van der Waals surface area contributed by atoms with Crippen LogP contribution in [-0.4, -0.2) is 11.6 Å². The van der Waals surface area contributed by atoms with E-state index < -0.39 is 0 Å². The quantitative estimate of drug-likeness (QED) is 0.443. The van der Waals surface area contributed by atoms with Gasteiger partial charge in [0.25, 0.3) is 0 Å². The fourth-order valence-corrected chi connectivity index (χ4v) is 2.93. The maximum absolute atomic E-state index is 5.73. The van der Waals surface area contributed by atoms with E-state index in [4.69, 9.17) is 9.72 Å². The zero-order chi connectivity index (χ0) is 17.5. The van der Waals surface area contributed by atoms with Crippen molar-refractivity contribution >= 4 is 10.9 Å². The van der Waals surface area contributed by atoms with Gasteiger partial charge in [0.1, 0.15) is 5.75 Å². The summed E-state index contributed by atoms with van der Waals surface area (Å²) < 4.78 is 5.73. The van der Waals surface area contributed by atoms with Gasteiger partial charge in [-0.2, -0.15) is 0 Å². The molecule has 0 amide bonds. The minimum atomic E-state index is 0.782. The normalized spacial score (nSPS) is 11.0. The van der Waals surface area contributed by atoms with Crippen molar-refractivity contribution in [1.82, 2.24) is 4.98 Å². The summed E-state index contributed by atoms with van der Waals surface area (Å²) in [4.78, 5) is 4.83. The molecule has 0 aliphatic rings. The van der Waals surface area contributed by atoms with Gasteiger partial charge >= 0.3 is 0 Å². The maximum atomic E-state index is 5.73. The Bertz CT molecular complexity index is 808. The number of aryl methyl sites for hydroxylation is 1. The van der Waals surface area contributed by atoms with Gasteiger partial charge < -0.3 is 4.74 Å². The molecule has 0 aliphatic heterocycles. The highest BCUT2D eigenvalue weighted by atomic mass is 16.5. The molecule has 1 heterocycles. The second-order valence-corrected chi connectivity index (χ2v) is 6.55. The summed E-state index contributed by atoms with van der Waals surface area (Å²) in [5.74, 6) is 0.929. The van der Waals surface area contributed by atoms with Crippen molar-refractivity contribution < 1.29 is 4.74 Å². The summed E-state index contributed by atoms with van der Waals surface area (Å²) in [5, 5.41) is 1.22. The Morgan fingerprint density at radius 3 is 2.40 bits per heavy atom. The van der Waals surface area contributed by atoms with Crippen LogP contribution in [0.4, 0.5) is 0 Å². The molecule has 0 fully saturated rings. The highest BCUT2D eigenvalue weighted by Gasteiger charge is 2.04. The maximum Gasteiger partial charge on any atom is 0.119 e. The first-order chi connectivity index (χ1) is 12.3. The van der Waals surface area contributed by atoms with Crippen LogP contribution >= 0.6 is 0 Å². The van der Waals surface area contributed by atoms with E-state index in [2.05, 4.69) is 56.3 Å². The summed E-state index contributed by atoms with van der Waals surface area (Å²) in [5.41, 5.74) is 4.59. The number of aromatic nitrogens is 1. The molecule has 0 bridgehead atoms. The van der Waals surface area contributed by atoms with Crippen molar-refractivity contribution in [3.8, 4) is 17.0 Å². The van der Waals surface area contributed by atoms with E-state index in [1.165, 1.54) is 23.8 Å². The van der Waals surface area contributed by atoms with Crippen molar-refractivity contribution in [2.24, 2.45) is 0 Å². The molecule has 0 spiro atoms. The van der Waals surface area contributed by atoms with Gasteiger partial charge in [-0.05, 0) is 67.3 Å². The molecule has 130 valence electrons. The van der Waals surface area contributed by atoms with Crippen LogP contribution in [0.15, 0.2) is 54.6 Å². The Morgan fingerprint density at radius 1 is 0.840 bits per heavy atom. The van der Waals surface area contributed by atoms with Crippen LogP contribution in [0.1, 0.15) is 45.1 Å². The highest BCUT2D eigenvalue weighted by molar-refractivity contribution is 5.82. The van der Waals surface area contributed by atoms with Crippen LogP contribution in [0.25, 0.3) is 22.2 Å². The fraction of sp³-hybridized carbons (Fsp3) is 0.348. The molecule has 0 atom stereocenters. The molecule has 2 nitrogen and oxygen atoms in total. The molecule has 0 aliphatic carbocycles. The van der Waals surface area contributed by atoms with Gasteiger partial charge in [0.2, 0.25) is 0 Å². The molecule has 0 saturated heterocycles. The minimum Gasteiger partial charge on any atom is -0.494 e. The number of pyridine rings is 1.